The van der Waals surface area contributed by atoms with Gasteiger partial charge in [-0.15, -0.1) is 0 Å². The second kappa shape index (κ2) is 6.00. The molecule has 0 saturated heterocycles. The third-order valence-electron chi connectivity index (χ3n) is 3.74. The molecule has 3 heteroatoms. The lowest BCUT2D eigenvalue weighted by atomic mass is 10.2. The Kier molecular flexibility index (Phi) is 3.91. The molecule has 0 radical (unpaired) electrons. The summed E-state index contributed by atoms with van der Waals surface area (Å²) < 4.78 is 2.26. The molecule has 0 atom stereocenters. The molecule has 0 aliphatic rings. The van der Waals surface area contributed by atoms with Gasteiger partial charge in [0, 0.05) is 12.1 Å². The van der Waals surface area contributed by atoms with Crippen LogP contribution in [0.15, 0.2) is 48.5 Å². The van der Waals surface area contributed by atoms with Gasteiger partial charge < -0.3 is 9.67 Å². The van der Waals surface area contributed by atoms with Crippen LogP contribution in [-0.2, 0) is 6.54 Å². The molecular weight excluding hydrogens is 260 g/mol. The van der Waals surface area contributed by atoms with E-state index in [4.69, 9.17) is 4.98 Å². The van der Waals surface area contributed by atoms with E-state index in [9.17, 15) is 5.11 Å². The van der Waals surface area contributed by atoms with E-state index in [1.165, 1.54) is 12.8 Å². The molecule has 3 nitrogen and oxygen atoms in total. The Labute approximate surface area is 124 Å². The molecular formula is C18H20N2O. The van der Waals surface area contributed by atoms with Crippen LogP contribution in [0.3, 0.4) is 0 Å². The molecule has 0 unspecified atom stereocenters. The van der Waals surface area contributed by atoms with Crippen LogP contribution < -0.4 is 0 Å². The molecule has 0 amide bonds. The minimum Gasteiger partial charge on any atom is -0.508 e. The Morgan fingerprint density at radius 3 is 2.71 bits per heavy atom. The first-order valence-corrected chi connectivity index (χ1v) is 7.54. The summed E-state index contributed by atoms with van der Waals surface area (Å²) in [7, 11) is 0. The maximum Gasteiger partial charge on any atom is 0.141 e. The zero-order valence-electron chi connectivity index (χ0n) is 12.3. The summed E-state index contributed by atoms with van der Waals surface area (Å²) in [5.41, 5.74) is 3.13. The minimum absolute atomic E-state index is 0.277. The normalized spacial score (nSPS) is 11.1. The number of phenols is 1. The number of fused-ring (bicyclic) bond motifs is 1. The zero-order valence-corrected chi connectivity index (χ0v) is 12.3. The molecule has 21 heavy (non-hydrogen) atoms. The third kappa shape index (κ3) is 2.77. The van der Waals surface area contributed by atoms with Crippen molar-refractivity contribution in [3.05, 3.63) is 48.5 Å². The van der Waals surface area contributed by atoms with Gasteiger partial charge in [0.25, 0.3) is 0 Å². The highest BCUT2D eigenvalue weighted by atomic mass is 16.3. The number of hydrogen-bond acceptors (Lipinski definition) is 2. The van der Waals surface area contributed by atoms with Gasteiger partial charge in [-0.2, -0.15) is 0 Å². The summed E-state index contributed by atoms with van der Waals surface area (Å²) in [6.07, 6.45) is 3.56. The van der Waals surface area contributed by atoms with Crippen LogP contribution in [0.5, 0.6) is 5.75 Å². The first kappa shape index (κ1) is 13.7. The maximum atomic E-state index is 9.72. The molecule has 0 aliphatic heterocycles. The van der Waals surface area contributed by atoms with Crippen LogP contribution in [0.4, 0.5) is 0 Å². The number of nitrogens with zero attached hydrogens (tertiary/aromatic N) is 2. The number of aromatic hydroxyl groups is 1. The molecule has 0 bridgehead atoms. The van der Waals surface area contributed by atoms with Crippen molar-refractivity contribution in [3.8, 4) is 17.1 Å². The number of rotatable bonds is 5. The van der Waals surface area contributed by atoms with Crippen molar-refractivity contribution in [2.45, 2.75) is 32.7 Å². The summed E-state index contributed by atoms with van der Waals surface area (Å²) in [4.78, 5) is 4.75. The SMILES string of the molecule is CCCCCn1c(-c2cccc(O)c2)nc2ccccc21. The summed E-state index contributed by atoms with van der Waals surface area (Å²) in [6, 6.07) is 15.5. The van der Waals surface area contributed by atoms with Gasteiger partial charge in [0.05, 0.1) is 11.0 Å². The molecule has 0 spiro atoms. The molecule has 0 saturated carbocycles. The molecule has 3 rings (SSSR count). The van der Waals surface area contributed by atoms with Gasteiger partial charge in [-0.3, -0.25) is 0 Å². The van der Waals surface area contributed by atoms with Crippen LogP contribution >= 0.6 is 0 Å². The third-order valence-corrected chi connectivity index (χ3v) is 3.74. The fourth-order valence-corrected chi connectivity index (χ4v) is 2.69. The van der Waals surface area contributed by atoms with Gasteiger partial charge in [0.2, 0.25) is 0 Å². The van der Waals surface area contributed by atoms with Crippen LogP contribution in [-0.4, -0.2) is 14.7 Å². The van der Waals surface area contributed by atoms with Crippen LogP contribution in [0.1, 0.15) is 26.2 Å². The largest absolute Gasteiger partial charge is 0.508 e. The molecule has 1 N–H and O–H groups in total. The highest BCUT2D eigenvalue weighted by molar-refractivity contribution is 5.80. The van der Waals surface area contributed by atoms with Gasteiger partial charge in [-0.25, -0.2) is 4.98 Å². The van der Waals surface area contributed by atoms with Gasteiger partial charge in [0.1, 0.15) is 11.6 Å². The van der Waals surface area contributed by atoms with E-state index < -0.39 is 0 Å². The summed E-state index contributed by atoms with van der Waals surface area (Å²) in [5.74, 6) is 1.21. The number of phenolic OH excluding ortho intramolecular Hbond substituents is 1. The van der Waals surface area contributed by atoms with E-state index in [1.807, 2.05) is 30.3 Å². The number of unbranched alkanes of at least 4 members (excludes halogenated alkanes) is 2. The zero-order chi connectivity index (χ0) is 14.7. The topological polar surface area (TPSA) is 38.0 Å². The predicted octanol–water partition coefficient (Wildman–Crippen LogP) is 4.60. The molecule has 0 aliphatic carbocycles. The predicted molar refractivity (Wildman–Crippen MR) is 86.4 cm³/mol. The molecule has 0 fully saturated rings. The van der Waals surface area contributed by atoms with Crippen molar-refractivity contribution < 1.29 is 5.11 Å². The van der Waals surface area contributed by atoms with E-state index in [0.717, 1.165) is 35.4 Å². The highest BCUT2D eigenvalue weighted by Gasteiger charge is 2.12. The van der Waals surface area contributed by atoms with Crippen molar-refractivity contribution in [2.24, 2.45) is 0 Å². The number of imidazole rings is 1. The standard InChI is InChI=1S/C18H20N2O/c1-2-3-6-12-20-17-11-5-4-10-16(17)19-18(20)14-8-7-9-15(21)13-14/h4-5,7-11,13,21H,2-3,6,12H2,1H3. The van der Waals surface area contributed by atoms with Gasteiger partial charge in [-0.05, 0) is 30.7 Å². The molecule has 1 heterocycles. The van der Waals surface area contributed by atoms with E-state index in [0.29, 0.717) is 0 Å². The first-order chi connectivity index (χ1) is 10.3. The Hall–Kier alpha value is -2.29. The Morgan fingerprint density at radius 2 is 1.90 bits per heavy atom. The van der Waals surface area contributed by atoms with Crippen molar-refractivity contribution in [1.82, 2.24) is 9.55 Å². The van der Waals surface area contributed by atoms with Crippen molar-refractivity contribution in [2.75, 3.05) is 0 Å². The number of benzene rings is 2. The molecule has 2 aromatic carbocycles. The van der Waals surface area contributed by atoms with Crippen molar-refractivity contribution in [1.29, 1.82) is 0 Å². The Bertz CT molecular complexity index is 746. The number of hydrogen-bond donors (Lipinski definition) is 1. The smallest absolute Gasteiger partial charge is 0.141 e. The number of para-hydroxylation sites is 2. The van der Waals surface area contributed by atoms with Crippen LogP contribution in [0.2, 0.25) is 0 Å². The fraction of sp³-hybridized carbons (Fsp3) is 0.278. The fourth-order valence-electron chi connectivity index (χ4n) is 2.69. The second-order valence-corrected chi connectivity index (χ2v) is 5.33. The highest BCUT2D eigenvalue weighted by Crippen LogP contribution is 2.27. The molecule has 3 aromatic rings. The lowest BCUT2D eigenvalue weighted by Gasteiger charge is -2.09. The second-order valence-electron chi connectivity index (χ2n) is 5.33. The monoisotopic (exact) mass is 280 g/mol. The van der Waals surface area contributed by atoms with Gasteiger partial charge in [0.15, 0.2) is 0 Å². The van der Waals surface area contributed by atoms with E-state index in [-0.39, 0.29) is 5.75 Å². The lowest BCUT2D eigenvalue weighted by Crippen LogP contribution is -2.00. The summed E-state index contributed by atoms with van der Waals surface area (Å²) >= 11 is 0. The Balaban J connectivity index is 2.09. The van der Waals surface area contributed by atoms with Crippen LogP contribution in [0.25, 0.3) is 22.4 Å². The summed E-state index contributed by atoms with van der Waals surface area (Å²) in [6.45, 7) is 3.17. The average molecular weight is 280 g/mol. The maximum absolute atomic E-state index is 9.72. The van der Waals surface area contributed by atoms with Gasteiger partial charge >= 0.3 is 0 Å². The van der Waals surface area contributed by atoms with Crippen molar-refractivity contribution >= 4 is 11.0 Å². The molecule has 108 valence electrons. The van der Waals surface area contributed by atoms with E-state index in [1.54, 1.807) is 12.1 Å². The van der Waals surface area contributed by atoms with Gasteiger partial charge in [-0.1, -0.05) is 44.0 Å². The van der Waals surface area contributed by atoms with Crippen LogP contribution in [0, 0.1) is 0 Å². The minimum atomic E-state index is 0.277. The Morgan fingerprint density at radius 1 is 1.05 bits per heavy atom. The molecule has 1 aromatic heterocycles. The number of aryl methyl sites for hydroxylation is 1. The van der Waals surface area contributed by atoms with E-state index in [2.05, 4.69) is 17.6 Å². The average Bonchev–Trinajstić information content (AvgIpc) is 2.87. The summed E-state index contributed by atoms with van der Waals surface area (Å²) in [5, 5.41) is 9.72. The quantitative estimate of drug-likeness (QED) is 0.694. The number of aromatic nitrogens is 2. The van der Waals surface area contributed by atoms with E-state index >= 15 is 0 Å². The van der Waals surface area contributed by atoms with Crippen molar-refractivity contribution in [3.63, 3.8) is 0 Å². The lowest BCUT2D eigenvalue weighted by molar-refractivity contribution is 0.475. The first-order valence-electron chi connectivity index (χ1n) is 7.54.